The smallest absolute Gasteiger partial charge is 0.134 e. The highest BCUT2D eigenvalue weighted by atomic mass is 79.9. The van der Waals surface area contributed by atoms with Crippen molar-refractivity contribution in [2.45, 2.75) is 0 Å². The molecule has 0 spiro atoms. The summed E-state index contributed by atoms with van der Waals surface area (Å²) in [6.07, 6.45) is 3.38. The predicted octanol–water partition coefficient (Wildman–Crippen LogP) is 3.59. The van der Waals surface area contributed by atoms with Crippen molar-refractivity contribution < 1.29 is 4.42 Å². The molecule has 3 nitrogen and oxygen atoms in total. The summed E-state index contributed by atoms with van der Waals surface area (Å²) in [6, 6.07) is 7.91. The average Bonchev–Trinajstić information content (AvgIpc) is 2.83. The van der Waals surface area contributed by atoms with Crippen molar-refractivity contribution in [2.24, 2.45) is 0 Å². The number of para-hydroxylation sites is 1. The van der Waals surface area contributed by atoms with Crippen LogP contribution in [0.2, 0.25) is 0 Å². The number of nitrogens with zero attached hydrogens (tertiary/aromatic N) is 1. The van der Waals surface area contributed by atoms with Crippen molar-refractivity contribution >= 4 is 26.9 Å². The van der Waals surface area contributed by atoms with Crippen LogP contribution >= 0.6 is 15.9 Å². The van der Waals surface area contributed by atoms with Crippen LogP contribution in [0.4, 0.5) is 0 Å². The molecule has 0 atom stereocenters. The van der Waals surface area contributed by atoms with E-state index < -0.39 is 0 Å². The van der Waals surface area contributed by atoms with Crippen LogP contribution in [-0.4, -0.2) is 9.97 Å². The van der Waals surface area contributed by atoms with Gasteiger partial charge in [-0.05, 0) is 22.0 Å². The van der Waals surface area contributed by atoms with Gasteiger partial charge in [-0.2, -0.15) is 0 Å². The largest absolute Gasteiger partial charge is 0.464 e. The van der Waals surface area contributed by atoms with Crippen LogP contribution in [0.5, 0.6) is 0 Å². The van der Waals surface area contributed by atoms with Crippen LogP contribution < -0.4 is 0 Å². The average molecular weight is 263 g/mol. The van der Waals surface area contributed by atoms with Crippen molar-refractivity contribution in [3.63, 3.8) is 0 Å². The zero-order chi connectivity index (χ0) is 10.3. The van der Waals surface area contributed by atoms with Crippen LogP contribution in [0.25, 0.3) is 22.2 Å². The lowest BCUT2D eigenvalue weighted by atomic mass is 10.1. The molecule has 0 radical (unpaired) electrons. The number of nitrogens with one attached hydrogen (secondary N) is 1. The van der Waals surface area contributed by atoms with E-state index in [1.807, 2.05) is 24.3 Å². The molecule has 0 aliphatic carbocycles. The maximum Gasteiger partial charge on any atom is 0.134 e. The van der Waals surface area contributed by atoms with Gasteiger partial charge in [-0.25, -0.2) is 4.98 Å². The van der Waals surface area contributed by atoms with E-state index in [9.17, 15) is 0 Å². The Hall–Kier alpha value is -1.55. The lowest BCUT2D eigenvalue weighted by molar-refractivity contribution is 0.617. The maximum absolute atomic E-state index is 5.45. The first kappa shape index (κ1) is 8.73. The van der Waals surface area contributed by atoms with E-state index >= 15 is 0 Å². The van der Waals surface area contributed by atoms with Crippen LogP contribution in [0, 0.1) is 0 Å². The minimum Gasteiger partial charge on any atom is -0.464 e. The van der Waals surface area contributed by atoms with Gasteiger partial charge in [-0.3, -0.25) is 0 Å². The third-order valence-electron chi connectivity index (χ3n) is 2.33. The molecule has 0 bridgehead atoms. The lowest BCUT2D eigenvalue weighted by Gasteiger charge is -1.93. The predicted molar refractivity (Wildman–Crippen MR) is 61.5 cm³/mol. The first-order valence-electron chi connectivity index (χ1n) is 4.52. The van der Waals surface area contributed by atoms with Gasteiger partial charge in [0.25, 0.3) is 0 Å². The molecule has 3 rings (SSSR count). The highest BCUT2D eigenvalue weighted by Gasteiger charge is 2.12. The number of hydrogen-bond acceptors (Lipinski definition) is 2. The first-order chi connectivity index (χ1) is 7.36. The minimum atomic E-state index is 0.869. The van der Waals surface area contributed by atoms with Crippen molar-refractivity contribution in [2.75, 3.05) is 0 Å². The Balaban J connectivity index is 2.32. The molecule has 1 N–H and O–H groups in total. The molecule has 74 valence electrons. The number of hydrogen-bond donors (Lipinski definition) is 1. The molecule has 0 amide bonds. The van der Waals surface area contributed by atoms with Gasteiger partial charge < -0.3 is 9.40 Å². The summed E-state index contributed by atoms with van der Waals surface area (Å²) in [5.41, 5.74) is 2.75. The summed E-state index contributed by atoms with van der Waals surface area (Å²) < 4.78 is 6.32. The Kier molecular flexibility index (Phi) is 1.89. The van der Waals surface area contributed by atoms with Gasteiger partial charge in [0.15, 0.2) is 0 Å². The Labute approximate surface area is 94.3 Å². The lowest BCUT2D eigenvalue weighted by Crippen LogP contribution is -1.75. The van der Waals surface area contributed by atoms with Gasteiger partial charge in [0.1, 0.15) is 22.1 Å². The summed E-state index contributed by atoms with van der Waals surface area (Å²) in [7, 11) is 0. The van der Waals surface area contributed by atoms with Gasteiger partial charge in [0, 0.05) is 10.9 Å². The molecule has 0 aliphatic heterocycles. The number of halogens is 1. The Morgan fingerprint density at radius 3 is 2.93 bits per heavy atom. The van der Waals surface area contributed by atoms with Crippen molar-refractivity contribution in [1.29, 1.82) is 0 Å². The highest BCUT2D eigenvalue weighted by Crippen LogP contribution is 2.32. The molecule has 15 heavy (non-hydrogen) atoms. The number of rotatable bonds is 1. The van der Waals surface area contributed by atoms with Crippen LogP contribution in [0.15, 0.2) is 45.9 Å². The van der Waals surface area contributed by atoms with Crippen molar-refractivity contribution in [3.05, 3.63) is 41.5 Å². The number of fused-ring (bicyclic) bond motifs is 1. The molecule has 3 aromatic rings. The van der Waals surface area contributed by atoms with Crippen molar-refractivity contribution in [3.8, 4) is 11.3 Å². The fraction of sp³-hybridized carbons (Fsp3) is 0. The van der Waals surface area contributed by atoms with E-state index in [1.54, 1.807) is 12.6 Å². The molecule has 0 fully saturated rings. The normalized spacial score (nSPS) is 11.0. The molecule has 0 saturated carbocycles. The number of imidazole rings is 1. The number of H-pyrrole nitrogens is 1. The summed E-state index contributed by atoms with van der Waals surface area (Å²) in [5.74, 6) is 0. The van der Waals surface area contributed by atoms with E-state index in [-0.39, 0.29) is 0 Å². The van der Waals surface area contributed by atoms with Gasteiger partial charge >= 0.3 is 0 Å². The van der Waals surface area contributed by atoms with Crippen LogP contribution in [-0.2, 0) is 0 Å². The van der Waals surface area contributed by atoms with E-state index in [4.69, 9.17) is 4.42 Å². The molecule has 4 heteroatoms. The second kappa shape index (κ2) is 3.24. The molecular weight excluding hydrogens is 256 g/mol. The SMILES string of the molecule is Brc1[nH]cnc1-c1coc2ccccc12. The Morgan fingerprint density at radius 1 is 1.27 bits per heavy atom. The molecule has 2 aromatic heterocycles. The summed E-state index contributed by atoms with van der Waals surface area (Å²) in [6.45, 7) is 0. The fourth-order valence-corrected chi connectivity index (χ4v) is 2.05. The first-order valence-corrected chi connectivity index (χ1v) is 5.31. The monoisotopic (exact) mass is 262 g/mol. The second-order valence-corrected chi connectivity index (χ2v) is 4.00. The second-order valence-electron chi connectivity index (χ2n) is 3.21. The molecular formula is C11H7BrN2O. The van der Waals surface area contributed by atoms with Crippen LogP contribution in [0.1, 0.15) is 0 Å². The number of aromatic amines is 1. The number of benzene rings is 1. The Bertz CT molecular complexity index is 612. The van der Waals surface area contributed by atoms with E-state index in [0.29, 0.717) is 0 Å². The summed E-state index contributed by atoms with van der Waals surface area (Å²) in [5, 5.41) is 1.07. The fourth-order valence-electron chi connectivity index (χ4n) is 1.63. The third kappa shape index (κ3) is 1.29. The van der Waals surface area contributed by atoms with Gasteiger partial charge in [0.2, 0.25) is 0 Å². The van der Waals surface area contributed by atoms with Gasteiger partial charge in [-0.1, -0.05) is 18.2 Å². The quantitative estimate of drug-likeness (QED) is 0.729. The highest BCUT2D eigenvalue weighted by molar-refractivity contribution is 9.10. The number of furan rings is 1. The summed E-state index contributed by atoms with van der Waals surface area (Å²) in [4.78, 5) is 7.23. The third-order valence-corrected chi connectivity index (χ3v) is 2.93. The molecule has 0 saturated heterocycles. The Morgan fingerprint density at radius 2 is 2.13 bits per heavy atom. The van der Waals surface area contributed by atoms with E-state index in [0.717, 1.165) is 26.8 Å². The minimum absolute atomic E-state index is 0.869. The van der Waals surface area contributed by atoms with Crippen molar-refractivity contribution in [1.82, 2.24) is 9.97 Å². The molecule has 0 unspecified atom stereocenters. The van der Waals surface area contributed by atoms with Crippen LogP contribution in [0.3, 0.4) is 0 Å². The van der Waals surface area contributed by atoms with E-state index in [2.05, 4.69) is 25.9 Å². The molecule has 1 aromatic carbocycles. The topological polar surface area (TPSA) is 41.8 Å². The van der Waals surface area contributed by atoms with E-state index in [1.165, 1.54) is 0 Å². The molecule has 0 aliphatic rings. The molecule has 2 heterocycles. The maximum atomic E-state index is 5.45. The zero-order valence-corrected chi connectivity index (χ0v) is 9.28. The standard InChI is InChI=1S/C11H7BrN2O/c12-11-10(13-6-14-11)8-5-15-9-4-2-1-3-7(8)9/h1-6H,(H,13,14). The van der Waals surface area contributed by atoms with Gasteiger partial charge in [-0.15, -0.1) is 0 Å². The summed E-state index contributed by atoms with van der Waals surface area (Å²) >= 11 is 3.41. The zero-order valence-electron chi connectivity index (χ0n) is 7.70. The van der Waals surface area contributed by atoms with Gasteiger partial charge in [0.05, 0.1) is 6.33 Å². The number of aromatic nitrogens is 2.